The maximum Gasteiger partial charge on any atom is 0.447 e. The van der Waals surface area contributed by atoms with Crippen LogP contribution in [0.4, 0.5) is 24.5 Å². The van der Waals surface area contributed by atoms with E-state index in [0.717, 1.165) is 12.1 Å². The highest BCUT2D eigenvalue weighted by atomic mass is 35.5. The maximum atomic E-state index is 13.2. The van der Waals surface area contributed by atoms with Crippen molar-refractivity contribution >= 4 is 49.7 Å². The molecule has 15 heteroatoms. The van der Waals surface area contributed by atoms with Crippen LogP contribution in [0.1, 0.15) is 15.9 Å². The molecule has 2 heterocycles. The molecule has 3 aromatic rings. The molecule has 1 aliphatic rings. The fraction of sp³-hybridized carbons (Fsp3) is 0.273. The molecule has 0 aliphatic carbocycles. The number of fused-ring (bicyclic) bond motifs is 1. The van der Waals surface area contributed by atoms with Gasteiger partial charge in [-0.2, -0.15) is 13.2 Å². The molecule has 1 unspecified atom stereocenters. The summed E-state index contributed by atoms with van der Waals surface area (Å²) in [6.45, 7) is 0.495. The standard InChI is InChI=1S/C22H19ClF3N3O7S/c23-12-2-4-15-13(8-12)17(9-18(29-15)37(34,35)19-10-36-6-5-27-19)28-16-3-1-11(7-14(16)20(30)31)21(32,33)22(24,25)26/h1-4,7-9,19,27,32-33H,5-6,10H2,(H,28,29)(H,30,31). The zero-order chi connectivity index (χ0) is 27.2. The van der Waals surface area contributed by atoms with Crippen molar-refractivity contribution in [2.75, 3.05) is 25.1 Å². The molecule has 10 nitrogen and oxygen atoms in total. The summed E-state index contributed by atoms with van der Waals surface area (Å²) in [6.07, 6.45) is -5.50. The highest BCUT2D eigenvalue weighted by molar-refractivity contribution is 7.92. The smallest absolute Gasteiger partial charge is 0.447 e. The molecule has 0 saturated carbocycles. The van der Waals surface area contributed by atoms with Crippen molar-refractivity contribution in [1.29, 1.82) is 0 Å². The van der Waals surface area contributed by atoms with Gasteiger partial charge in [0.05, 0.1) is 35.7 Å². The van der Waals surface area contributed by atoms with E-state index in [1.807, 2.05) is 0 Å². The fourth-order valence-electron chi connectivity index (χ4n) is 3.67. The summed E-state index contributed by atoms with van der Waals surface area (Å²) in [5.74, 6) is -5.99. The van der Waals surface area contributed by atoms with E-state index in [1.165, 1.54) is 18.2 Å². The molecule has 1 aliphatic heterocycles. The molecule has 1 aromatic heterocycles. The number of sulfone groups is 1. The molecule has 1 saturated heterocycles. The maximum absolute atomic E-state index is 13.2. The molecule has 198 valence electrons. The van der Waals surface area contributed by atoms with E-state index in [4.69, 9.17) is 16.3 Å². The number of hydrogen-bond acceptors (Lipinski definition) is 9. The van der Waals surface area contributed by atoms with E-state index in [-0.39, 0.29) is 38.9 Å². The van der Waals surface area contributed by atoms with Gasteiger partial charge in [-0.1, -0.05) is 17.7 Å². The molecule has 0 amide bonds. The Kier molecular flexibility index (Phi) is 7.09. The van der Waals surface area contributed by atoms with Crippen molar-refractivity contribution in [3.05, 3.63) is 58.6 Å². The van der Waals surface area contributed by atoms with Gasteiger partial charge >= 0.3 is 12.1 Å². The Morgan fingerprint density at radius 1 is 1.14 bits per heavy atom. The Balaban J connectivity index is 1.84. The third kappa shape index (κ3) is 5.21. The Morgan fingerprint density at radius 3 is 2.49 bits per heavy atom. The molecule has 4 rings (SSSR count). The van der Waals surface area contributed by atoms with Gasteiger partial charge in [-0.15, -0.1) is 0 Å². The third-order valence-electron chi connectivity index (χ3n) is 5.62. The number of nitrogens with zero attached hydrogens (tertiary/aromatic N) is 1. The molecular formula is C22H19ClF3N3O7S. The molecule has 1 fully saturated rings. The SMILES string of the molecule is O=C(O)c1cc(C(O)(O)C(F)(F)F)ccc1Nc1cc(S(=O)(=O)C2COCCN2)nc2ccc(Cl)cc12. The molecule has 0 radical (unpaired) electrons. The van der Waals surface area contributed by atoms with Gasteiger partial charge in [0.15, 0.2) is 5.03 Å². The summed E-state index contributed by atoms with van der Waals surface area (Å²) in [5.41, 5.74) is -1.91. The summed E-state index contributed by atoms with van der Waals surface area (Å²) < 4.78 is 70.9. The first-order valence-electron chi connectivity index (χ1n) is 10.5. The Bertz CT molecular complexity index is 1480. The minimum absolute atomic E-state index is 0.0353. The number of halogens is 4. The van der Waals surface area contributed by atoms with Crippen LogP contribution in [0.2, 0.25) is 5.02 Å². The minimum atomic E-state index is -5.50. The number of rotatable bonds is 6. The second-order valence-corrected chi connectivity index (χ2v) is 10.6. The van der Waals surface area contributed by atoms with Crippen molar-refractivity contribution < 1.29 is 46.4 Å². The van der Waals surface area contributed by atoms with Crippen LogP contribution in [0.15, 0.2) is 47.5 Å². The number of carboxylic acid groups (broad SMARTS) is 1. The van der Waals surface area contributed by atoms with Gasteiger partial charge in [0, 0.05) is 22.5 Å². The van der Waals surface area contributed by atoms with Gasteiger partial charge in [0.2, 0.25) is 9.84 Å². The van der Waals surface area contributed by atoms with E-state index in [1.54, 1.807) is 0 Å². The number of pyridine rings is 1. The lowest BCUT2D eigenvalue weighted by molar-refractivity contribution is -0.358. The van der Waals surface area contributed by atoms with E-state index in [9.17, 15) is 41.7 Å². The number of benzene rings is 2. The largest absolute Gasteiger partial charge is 0.478 e. The van der Waals surface area contributed by atoms with Crippen LogP contribution in [-0.2, 0) is 20.4 Å². The number of aromatic carboxylic acids is 1. The fourth-order valence-corrected chi connectivity index (χ4v) is 5.25. The summed E-state index contributed by atoms with van der Waals surface area (Å²) in [4.78, 5) is 16.1. The Hall–Kier alpha value is -3.01. The normalized spacial score (nSPS) is 17.1. The molecule has 2 aromatic carbocycles. The number of aromatic nitrogens is 1. The van der Waals surface area contributed by atoms with E-state index in [2.05, 4.69) is 15.6 Å². The number of ether oxygens (including phenoxy) is 1. The zero-order valence-corrected chi connectivity index (χ0v) is 20.2. The second kappa shape index (κ2) is 9.70. The van der Waals surface area contributed by atoms with Gasteiger partial charge in [0.25, 0.3) is 5.79 Å². The van der Waals surface area contributed by atoms with E-state index in [0.29, 0.717) is 25.3 Å². The number of carbonyl (C=O) groups is 1. The monoisotopic (exact) mass is 561 g/mol. The van der Waals surface area contributed by atoms with Gasteiger partial charge in [-0.05, 0) is 36.4 Å². The predicted octanol–water partition coefficient (Wildman–Crippen LogP) is 2.75. The number of carboxylic acids is 1. The molecular weight excluding hydrogens is 543 g/mol. The summed E-state index contributed by atoms with van der Waals surface area (Å²) in [5, 5.41) is 33.3. The molecule has 1 atom stereocenters. The topological polar surface area (TPSA) is 158 Å². The van der Waals surface area contributed by atoms with Crippen LogP contribution in [0.3, 0.4) is 0 Å². The highest BCUT2D eigenvalue weighted by Gasteiger charge is 2.54. The number of aliphatic hydroxyl groups is 2. The van der Waals surface area contributed by atoms with Gasteiger partial charge in [-0.3, -0.25) is 5.32 Å². The van der Waals surface area contributed by atoms with E-state index < -0.39 is 44.3 Å². The van der Waals surface area contributed by atoms with Crippen molar-refractivity contribution in [3.8, 4) is 0 Å². The second-order valence-electron chi connectivity index (χ2n) is 8.09. The van der Waals surface area contributed by atoms with Crippen LogP contribution in [-0.4, -0.2) is 66.0 Å². The first kappa shape index (κ1) is 27.0. The lowest BCUT2D eigenvalue weighted by Gasteiger charge is -2.25. The van der Waals surface area contributed by atoms with Crippen molar-refractivity contribution in [2.45, 2.75) is 22.4 Å². The number of hydrogen-bond donors (Lipinski definition) is 5. The Morgan fingerprint density at radius 2 is 1.86 bits per heavy atom. The number of alkyl halides is 3. The minimum Gasteiger partial charge on any atom is -0.478 e. The summed E-state index contributed by atoms with van der Waals surface area (Å²) in [7, 11) is -4.07. The summed E-state index contributed by atoms with van der Waals surface area (Å²) >= 11 is 6.08. The quantitative estimate of drug-likeness (QED) is 0.283. The first-order chi connectivity index (χ1) is 17.2. The first-order valence-corrected chi connectivity index (χ1v) is 12.5. The van der Waals surface area contributed by atoms with Gasteiger partial charge in [-0.25, -0.2) is 18.2 Å². The lowest BCUT2D eigenvalue weighted by Crippen LogP contribution is -2.46. The Labute approximate surface area is 212 Å². The van der Waals surface area contributed by atoms with Gasteiger partial charge < -0.3 is 25.4 Å². The average Bonchev–Trinajstić information content (AvgIpc) is 2.84. The van der Waals surface area contributed by atoms with E-state index >= 15 is 0 Å². The van der Waals surface area contributed by atoms with Crippen LogP contribution in [0.25, 0.3) is 10.9 Å². The van der Waals surface area contributed by atoms with Crippen LogP contribution in [0.5, 0.6) is 0 Å². The summed E-state index contributed by atoms with van der Waals surface area (Å²) in [6, 6.07) is 7.53. The number of morpholine rings is 1. The van der Waals surface area contributed by atoms with Crippen molar-refractivity contribution in [3.63, 3.8) is 0 Å². The van der Waals surface area contributed by atoms with Crippen LogP contribution in [0, 0.1) is 0 Å². The van der Waals surface area contributed by atoms with Crippen molar-refractivity contribution in [2.24, 2.45) is 0 Å². The van der Waals surface area contributed by atoms with Crippen LogP contribution < -0.4 is 10.6 Å². The number of nitrogens with one attached hydrogen (secondary N) is 2. The molecule has 5 N–H and O–H groups in total. The van der Waals surface area contributed by atoms with Crippen LogP contribution >= 0.6 is 11.6 Å². The molecule has 0 bridgehead atoms. The zero-order valence-electron chi connectivity index (χ0n) is 18.6. The highest BCUT2D eigenvalue weighted by Crippen LogP contribution is 2.39. The third-order valence-corrected chi connectivity index (χ3v) is 7.70. The predicted molar refractivity (Wildman–Crippen MR) is 125 cm³/mol. The molecule has 0 spiro atoms. The number of anilines is 2. The average molecular weight is 562 g/mol. The lowest BCUT2D eigenvalue weighted by atomic mass is 10.0. The van der Waals surface area contributed by atoms with Crippen molar-refractivity contribution in [1.82, 2.24) is 10.3 Å². The van der Waals surface area contributed by atoms with Gasteiger partial charge in [0.1, 0.15) is 5.37 Å². The molecule has 37 heavy (non-hydrogen) atoms.